The van der Waals surface area contributed by atoms with Gasteiger partial charge in [-0.3, -0.25) is 9.59 Å². The number of rotatable bonds is 10. The number of ketones is 1. The van der Waals surface area contributed by atoms with Crippen LogP contribution in [0.15, 0.2) is 60.4 Å². The smallest absolute Gasteiger partial charge is 0.228 e. The summed E-state index contributed by atoms with van der Waals surface area (Å²) in [6.07, 6.45) is 2.45. The van der Waals surface area contributed by atoms with E-state index in [0.717, 1.165) is 53.1 Å². The van der Waals surface area contributed by atoms with Gasteiger partial charge in [0.05, 0.1) is 12.2 Å². The van der Waals surface area contributed by atoms with Crippen LogP contribution in [0, 0.1) is 11.8 Å². The van der Waals surface area contributed by atoms with E-state index in [1.165, 1.54) is 0 Å². The van der Waals surface area contributed by atoms with Gasteiger partial charge < -0.3 is 19.9 Å². The number of H-pyrrole nitrogens is 1. The molecular formula is C32H41N3O3. The quantitative estimate of drug-likeness (QED) is 0.309. The topological polar surface area (TPSA) is 74.4 Å². The van der Waals surface area contributed by atoms with Crippen LogP contribution in [0.5, 0.6) is 0 Å². The van der Waals surface area contributed by atoms with Crippen molar-refractivity contribution in [3.05, 3.63) is 77.2 Å². The van der Waals surface area contributed by atoms with Crippen molar-refractivity contribution in [3.8, 4) is 0 Å². The predicted octanol–water partition coefficient (Wildman–Crippen LogP) is 6.34. The third-order valence-corrected chi connectivity index (χ3v) is 8.01. The molecule has 38 heavy (non-hydrogen) atoms. The fraction of sp³-hybridized carbons (Fsp3) is 0.438. The maximum Gasteiger partial charge on any atom is 0.228 e. The van der Waals surface area contributed by atoms with Gasteiger partial charge in [-0.25, -0.2) is 0 Å². The molecule has 0 radical (unpaired) electrons. The zero-order valence-electron chi connectivity index (χ0n) is 23.6. The first-order valence-electron chi connectivity index (χ1n) is 13.7. The van der Waals surface area contributed by atoms with Gasteiger partial charge in [0.2, 0.25) is 5.91 Å². The highest BCUT2D eigenvalue weighted by Crippen LogP contribution is 2.47. The molecule has 2 atom stereocenters. The standard InChI is InChI=1S/C32H41N3O3/c1-7-35(8-2)16-17-38-21(3)18-26-22(4)30(37)29-25-15-14-24(20-27(25)34-31(29)32(26,5)6)33-28(36)19-23-12-10-9-11-13-23/h9-15,18,20,22,26,34H,7-8,16-17,19H2,1-6H3,(H,33,36)/b21-18+/t22-,26?/m1/s1. The van der Waals surface area contributed by atoms with Gasteiger partial charge in [0, 0.05) is 51.6 Å². The average Bonchev–Trinajstić information content (AvgIpc) is 3.28. The average molecular weight is 516 g/mol. The summed E-state index contributed by atoms with van der Waals surface area (Å²) >= 11 is 0. The molecule has 1 heterocycles. The highest BCUT2D eigenvalue weighted by molar-refractivity contribution is 6.12. The Kier molecular flexibility index (Phi) is 8.41. The Balaban J connectivity index is 1.56. The van der Waals surface area contributed by atoms with Gasteiger partial charge in [0.25, 0.3) is 0 Å². The van der Waals surface area contributed by atoms with Crippen LogP contribution in [0.4, 0.5) is 5.69 Å². The molecule has 2 N–H and O–H groups in total. The Morgan fingerprint density at radius 2 is 1.84 bits per heavy atom. The van der Waals surface area contributed by atoms with Gasteiger partial charge in [0.15, 0.2) is 5.78 Å². The number of allylic oxidation sites excluding steroid dienone is 2. The molecule has 1 unspecified atom stereocenters. The van der Waals surface area contributed by atoms with Gasteiger partial charge in [-0.1, -0.05) is 71.0 Å². The highest BCUT2D eigenvalue weighted by Gasteiger charge is 2.46. The normalized spacial score (nSPS) is 19.0. The second kappa shape index (κ2) is 11.6. The van der Waals surface area contributed by atoms with Gasteiger partial charge in [-0.15, -0.1) is 0 Å². The summed E-state index contributed by atoms with van der Waals surface area (Å²) in [7, 11) is 0. The lowest BCUT2D eigenvalue weighted by Gasteiger charge is -2.40. The van der Waals surface area contributed by atoms with E-state index < -0.39 is 0 Å². The third kappa shape index (κ3) is 5.70. The Hall–Kier alpha value is -3.38. The number of likely N-dealkylation sites (N-methyl/N-ethyl adjacent to an activating group) is 1. The minimum absolute atomic E-state index is 0.00550. The van der Waals surface area contributed by atoms with Crippen molar-refractivity contribution < 1.29 is 14.3 Å². The van der Waals surface area contributed by atoms with E-state index in [9.17, 15) is 9.59 Å². The number of benzene rings is 2. The van der Waals surface area contributed by atoms with E-state index in [2.05, 4.69) is 49.0 Å². The molecule has 0 bridgehead atoms. The van der Waals surface area contributed by atoms with Gasteiger partial charge in [-0.05, 0) is 43.8 Å². The number of fused-ring (bicyclic) bond motifs is 3. The summed E-state index contributed by atoms with van der Waals surface area (Å²) in [4.78, 5) is 32.1. The van der Waals surface area contributed by atoms with Crippen molar-refractivity contribution in [1.29, 1.82) is 0 Å². The molecule has 0 spiro atoms. The van der Waals surface area contributed by atoms with Crippen molar-refractivity contribution in [2.45, 2.75) is 53.4 Å². The molecule has 6 heteroatoms. The number of amides is 1. The summed E-state index contributed by atoms with van der Waals surface area (Å²) in [5.74, 6) is 0.747. The van der Waals surface area contributed by atoms with Gasteiger partial charge in [0.1, 0.15) is 6.61 Å². The van der Waals surface area contributed by atoms with Crippen LogP contribution in [0.25, 0.3) is 10.9 Å². The first-order chi connectivity index (χ1) is 18.1. The van der Waals surface area contributed by atoms with Crippen LogP contribution in [-0.2, 0) is 21.4 Å². The fourth-order valence-electron chi connectivity index (χ4n) is 5.71. The van der Waals surface area contributed by atoms with Gasteiger partial charge in [-0.2, -0.15) is 0 Å². The van der Waals surface area contributed by atoms with Gasteiger partial charge >= 0.3 is 0 Å². The Labute approximate surface area is 226 Å². The third-order valence-electron chi connectivity index (χ3n) is 8.01. The number of nitrogens with one attached hydrogen (secondary N) is 2. The van der Waals surface area contributed by atoms with E-state index in [1.807, 2.05) is 62.4 Å². The molecular weight excluding hydrogens is 474 g/mol. The molecule has 4 rings (SSSR count). The molecule has 0 saturated heterocycles. The lowest BCUT2D eigenvalue weighted by atomic mass is 9.63. The molecule has 2 aromatic carbocycles. The molecule has 1 aromatic heterocycles. The van der Waals surface area contributed by atoms with Crippen molar-refractivity contribution in [2.24, 2.45) is 11.8 Å². The summed E-state index contributed by atoms with van der Waals surface area (Å²) in [5.41, 5.74) is 3.95. The molecule has 3 aromatic rings. The van der Waals surface area contributed by atoms with E-state index in [1.54, 1.807) is 0 Å². The second-order valence-corrected chi connectivity index (χ2v) is 10.9. The van der Waals surface area contributed by atoms with Crippen molar-refractivity contribution in [3.63, 3.8) is 0 Å². The molecule has 0 fully saturated rings. The highest BCUT2D eigenvalue weighted by atomic mass is 16.5. The molecule has 1 aliphatic carbocycles. The number of anilines is 1. The van der Waals surface area contributed by atoms with E-state index >= 15 is 0 Å². The minimum atomic E-state index is -0.304. The van der Waals surface area contributed by atoms with Crippen molar-refractivity contribution >= 4 is 28.3 Å². The minimum Gasteiger partial charge on any atom is -0.497 e. The largest absolute Gasteiger partial charge is 0.497 e. The Morgan fingerprint density at radius 1 is 1.13 bits per heavy atom. The lowest BCUT2D eigenvalue weighted by Crippen LogP contribution is -2.42. The van der Waals surface area contributed by atoms with Crippen LogP contribution in [0.2, 0.25) is 0 Å². The summed E-state index contributed by atoms with van der Waals surface area (Å²) in [6, 6.07) is 15.4. The fourth-order valence-corrected chi connectivity index (χ4v) is 5.71. The molecule has 6 nitrogen and oxygen atoms in total. The maximum atomic E-state index is 13.7. The second-order valence-electron chi connectivity index (χ2n) is 10.9. The molecule has 202 valence electrons. The summed E-state index contributed by atoms with van der Waals surface area (Å²) in [5, 5.41) is 3.90. The van der Waals surface area contributed by atoms with E-state index in [-0.39, 0.29) is 28.9 Å². The number of aromatic nitrogens is 1. The first kappa shape index (κ1) is 27.6. The number of Topliss-reactive ketones (excluding diaryl/α,β-unsaturated/α-hetero) is 1. The number of carbonyl (C=O) groups excluding carboxylic acids is 2. The molecule has 0 aliphatic heterocycles. The summed E-state index contributed by atoms with van der Waals surface area (Å²) < 4.78 is 6.06. The van der Waals surface area contributed by atoms with Crippen molar-refractivity contribution in [2.75, 3.05) is 31.6 Å². The van der Waals surface area contributed by atoms with Crippen LogP contribution in [-0.4, -0.2) is 47.8 Å². The zero-order valence-corrected chi connectivity index (χ0v) is 23.6. The molecule has 1 amide bonds. The Morgan fingerprint density at radius 3 is 2.53 bits per heavy atom. The Bertz CT molecular complexity index is 1320. The number of carbonyl (C=O) groups is 2. The predicted molar refractivity (Wildman–Crippen MR) is 155 cm³/mol. The van der Waals surface area contributed by atoms with Crippen molar-refractivity contribution in [1.82, 2.24) is 9.88 Å². The zero-order chi connectivity index (χ0) is 27.4. The van der Waals surface area contributed by atoms with Crippen LogP contribution >= 0.6 is 0 Å². The van der Waals surface area contributed by atoms with E-state index in [0.29, 0.717) is 18.7 Å². The lowest BCUT2D eigenvalue weighted by molar-refractivity contribution is -0.115. The monoisotopic (exact) mass is 515 g/mol. The summed E-state index contributed by atoms with van der Waals surface area (Å²) in [6.45, 7) is 16.2. The van der Waals surface area contributed by atoms with Crippen LogP contribution in [0.1, 0.15) is 63.2 Å². The maximum absolute atomic E-state index is 13.7. The number of ether oxygens (including phenoxy) is 1. The number of nitrogens with zero attached hydrogens (tertiary/aromatic N) is 1. The number of aromatic amines is 1. The number of hydrogen-bond acceptors (Lipinski definition) is 4. The SMILES string of the molecule is CCN(CC)CCO/C(C)=C/C1[C@@H](C)C(=O)c2c([nH]c3cc(NC(=O)Cc4ccccc4)ccc23)C1(C)C. The molecule has 1 aliphatic rings. The molecule has 0 saturated carbocycles. The number of hydrogen-bond donors (Lipinski definition) is 2. The van der Waals surface area contributed by atoms with Crippen LogP contribution in [0.3, 0.4) is 0 Å². The van der Waals surface area contributed by atoms with E-state index in [4.69, 9.17) is 4.74 Å². The first-order valence-corrected chi connectivity index (χ1v) is 13.7. The van der Waals surface area contributed by atoms with Crippen LogP contribution < -0.4 is 5.32 Å².